The Morgan fingerprint density at radius 2 is 1.00 bits per heavy atom. The van der Waals surface area contributed by atoms with Gasteiger partial charge in [0.1, 0.15) is 21.6 Å². The Bertz CT molecular complexity index is 1990. The quantitative estimate of drug-likeness (QED) is 0.132. The number of aromatic nitrogens is 1. The summed E-state index contributed by atoms with van der Waals surface area (Å²) in [5.74, 6) is -0.343. The third-order valence-corrected chi connectivity index (χ3v) is 8.91. The van der Waals surface area contributed by atoms with Crippen LogP contribution in [0.2, 0.25) is 0 Å². The second-order valence-electron chi connectivity index (χ2n) is 8.82. The van der Waals surface area contributed by atoms with E-state index in [1.54, 1.807) is 48.5 Å². The van der Waals surface area contributed by atoms with E-state index in [1.165, 1.54) is 60.8 Å². The van der Waals surface area contributed by atoms with Gasteiger partial charge in [0.05, 0.1) is 5.70 Å². The van der Waals surface area contributed by atoms with E-state index in [1.807, 2.05) is 0 Å². The molecule has 3 aromatic carbocycles. The fourth-order valence-corrected chi connectivity index (χ4v) is 7.81. The van der Waals surface area contributed by atoms with Crippen molar-refractivity contribution in [2.45, 2.75) is 5.50 Å². The maximum absolute atomic E-state index is 12.9. The number of pyridine rings is 1. The fraction of sp³-hybridized carbons (Fsp3) is 0.0385. The molecule has 45 heavy (non-hydrogen) atoms. The van der Waals surface area contributed by atoms with Crippen LogP contribution in [0.25, 0.3) is 22.5 Å². The molecule has 4 aromatic rings. The summed E-state index contributed by atoms with van der Waals surface area (Å²) in [6.45, 7) is 0. The third-order valence-electron chi connectivity index (χ3n) is 6.14. The molecule has 0 bridgehead atoms. The Balaban J connectivity index is 0.00000235. The normalized spacial score (nSPS) is 15.8. The zero-order valence-corrected chi connectivity index (χ0v) is 32.6. The largest absolute Gasteiger partial charge is 1.00 e. The van der Waals surface area contributed by atoms with Crippen LogP contribution < -0.4 is 93.6 Å². The first kappa shape index (κ1) is 40.0. The Hall–Kier alpha value is -1.16. The Morgan fingerprint density at radius 1 is 0.556 bits per heavy atom. The van der Waals surface area contributed by atoms with Crippen LogP contribution in [0.4, 0.5) is 5.82 Å². The molecule has 0 saturated carbocycles. The van der Waals surface area contributed by atoms with Crippen LogP contribution in [0, 0.1) is 0 Å². The smallest absolute Gasteiger partial charge is 0.745 e. The number of rotatable bonds is 7. The molecule has 0 N–H and O–H groups in total. The molecule has 1 aliphatic heterocycles. The molecule has 5 rings (SSSR count). The van der Waals surface area contributed by atoms with Crippen molar-refractivity contribution in [1.29, 1.82) is 0 Å². The minimum atomic E-state index is -6.19. The Morgan fingerprint density at radius 3 is 1.42 bits per heavy atom. The molecular weight excluding hydrogens is 677 g/mol. The van der Waals surface area contributed by atoms with Crippen molar-refractivity contribution in [2.24, 2.45) is 0 Å². The fourth-order valence-electron chi connectivity index (χ4n) is 4.56. The van der Waals surface area contributed by atoms with E-state index in [2.05, 4.69) is 4.98 Å². The van der Waals surface area contributed by atoms with Gasteiger partial charge < -0.3 is 13.7 Å². The van der Waals surface area contributed by atoms with Crippen molar-refractivity contribution in [2.75, 3.05) is 4.90 Å². The molecule has 19 heteroatoms. The zero-order chi connectivity index (χ0) is 30.3. The molecule has 1 atom stereocenters. The first-order chi connectivity index (χ1) is 19.8. The molecule has 0 radical (unpaired) electrons. The van der Waals surface area contributed by atoms with Gasteiger partial charge in [-0.25, -0.2) is 30.2 Å². The van der Waals surface area contributed by atoms with Gasteiger partial charge in [-0.15, -0.1) is 0 Å². The summed E-state index contributed by atoms with van der Waals surface area (Å²) >= 11 is 0. The van der Waals surface area contributed by atoms with Gasteiger partial charge in [-0.2, -0.15) is 4.41 Å². The van der Waals surface area contributed by atoms with E-state index in [-0.39, 0.29) is 106 Å². The van der Waals surface area contributed by atoms with Crippen molar-refractivity contribution in [1.82, 2.24) is 13.8 Å². The maximum Gasteiger partial charge on any atom is 1.00 e. The summed E-state index contributed by atoms with van der Waals surface area (Å²) in [4.78, 5) is 4.81. The Labute approximate surface area is 327 Å². The van der Waals surface area contributed by atoms with Crippen molar-refractivity contribution >= 4 is 47.9 Å². The van der Waals surface area contributed by atoms with Crippen molar-refractivity contribution in [3.63, 3.8) is 0 Å². The summed E-state index contributed by atoms with van der Waals surface area (Å²) < 4.78 is 113. The molecule has 0 saturated heterocycles. The van der Waals surface area contributed by atoms with Crippen LogP contribution >= 0.6 is 0 Å². The van der Waals surface area contributed by atoms with Crippen molar-refractivity contribution < 1.29 is 128 Å². The topological polar surface area (TPSA) is 194 Å². The molecule has 1 aliphatic rings. The number of anilines is 1. The van der Waals surface area contributed by atoms with Gasteiger partial charge in [-0.1, -0.05) is 95.4 Å². The molecule has 0 aliphatic carbocycles. The van der Waals surface area contributed by atoms with Crippen LogP contribution in [0.1, 0.15) is 11.1 Å². The van der Waals surface area contributed by atoms with Gasteiger partial charge in [0.2, 0.25) is 5.50 Å². The SMILES string of the molecule is O=S(=O)([O-])C1N(c2cc(-c3ccccc3)ccn2)C(c2ccccc2)=C(c2ccccc2)N(S(=O)(=O)[O-])N1S(=O)(=O)[O-].[Na+].[Na+].[Na+]. The van der Waals surface area contributed by atoms with Crippen molar-refractivity contribution in [3.8, 4) is 11.1 Å². The van der Waals surface area contributed by atoms with Crippen LogP contribution in [-0.2, 0) is 30.7 Å². The molecule has 0 amide bonds. The van der Waals surface area contributed by atoms with Crippen molar-refractivity contribution in [3.05, 3.63) is 120 Å². The average molecular weight is 697 g/mol. The second kappa shape index (κ2) is 15.8. The number of hydrogen-bond acceptors (Lipinski definition) is 11. The molecule has 0 fully saturated rings. The van der Waals surface area contributed by atoms with Gasteiger partial charge in [0.15, 0.2) is 20.6 Å². The molecule has 218 valence electrons. The average Bonchev–Trinajstić information content (AvgIpc) is 2.95. The van der Waals surface area contributed by atoms with E-state index in [4.69, 9.17) is 0 Å². The summed E-state index contributed by atoms with van der Waals surface area (Å²) in [5.41, 5.74) is -3.17. The van der Waals surface area contributed by atoms with E-state index >= 15 is 0 Å². The van der Waals surface area contributed by atoms with Crippen LogP contribution in [0.3, 0.4) is 0 Å². The summed E-state index contributed by atoms with van der Waals surface area (Å²) in [5, 5.41) is 0. The van der Waals surface area contributed by atoms with Gasteiger partial charge in [-0.05, 0) is 23.3 Å². The van der Waals surface area contributed by atoms with Crippen LogP contribution in [0.5, 0.6) is 0 Å². The van der Waals surface area contributed by atoms with E-state index in [0.717, 1.165) is 0 Å². The second-order valence-corrected chi connectivity index (χ2v) is 12.7. The minimum Gasteiger partial charge on any atom is -0.745 e. The summed E-state index contributed by atoms with van der Waals surface area (Å²) in [7, 11) is -18.2. The first-order valence-electron chi connectivity index (χ1n) is 11.9. The predicted molar refractivity (Wildman–Crippen MR) is 148 cm³/mol. The molecule has 0 spiro atoms. The number of nitrogens with zero attached hydrogens (tertiary/aromatic N) is 4. The molecular formula is C26H19N4Na3O9S3. The number of benzene rings is 3. The molecule has 2 heterocycles. The number of hydrogen-bond donors (Lipinski definition) is 0. The van der Waals surface area contributed by atoms with E-state index in [0.29, 0.717) is 16.0 Å². The van der Waals surface area contributed by atoms with E-state index < -0.39 is 56.4 Å². The molecule has 1 unspecified atom stereocenters. The van der Waals surface area contributed by atoms with Crippen LogP contribution in [-0.4, -0.2) is 58.2 Å². The third kappa shape index (κ3) is 8.66. The molecule has 1 aromatic heterocycles. The number of hydrazine groups is 1. The van der Waals surface area contributed by atoms with E-state index in [9.17, 15) is 38.9 Å². The Kier molecular flexibility index (Phi) is 14.1. The minimum absolute atomic E-state index is 0. The molecule has 13 nitrogen and oxygen atoms in total. The summed E-state index contributed by atoms with van der Waals surface area (Å²) in [6.07, 6.45) is 1.25. The van der Waals surface area contributed by atoms with Gasteiger partial charge in [0, 0.05) is 17.3 Å². The standard InChI is InChI=1S/C26H22N4O9S3.3Na/c31-40(32,33)26-28(23-18-22(16-17-27-23)19-10-4-1-5-11-19)24(20-12-6-2-7-13-20)25(21-14-8-3-9-15-21)29(41(34,35)36)30(26)42(37,38)39;;;/h1-18,26H,(H,31,32,33)(H,34,35,36)(H,37,38,39);;;/q;3*+1/p-3. The van der Waals surface area contributed by atoms with Gasteiger partial charge in [-0.3, -0.25) is 4.90 Å². The monoisotopic (exact) mass is 696 g/mol. The van der Waals surface area contributed by atoms with Crippen LogP contribution in [0.15, 0.2) is 109 Å². The maximum atomic E-state index is 12.9. The predicted octanol–water partition coefficient (Wildman–Crippen LogP) is -6.63. The first-order valence-corrected chi connectivity index (χ1v) is 16.1. The van der Waals surface area contributed by atoms with Gasteiger partial charge >= 0.3 is 88.7 Å². The summed E-state index contributed by atoms with van der Waals surface area (Å²) in [6, 6.07) is 26.0. The zero-order valence-electron chi connectivity index (χ0n) is 24.2. The van der Waals surface area contributed by atoms with Gasteiger partial charge in [0.25, 0.3) is 0 Å².